The van der Waals surface area contributed by atoms with Crippen LogP contribution in [-0.4, -0.2) is 32.9 Å². The van der Waals surface area contributed by atoms with Crippen LogP contribution in [0.5, 0.6) is 0 Å². The Kier molecular flexibility index (Phi) is 5.00. The summed E-state index contributed by atoms with van der Waals surface area (Å²) in [6.07, 6.45) is 3.04. The third-order valence-corrected chi connectivity index (χ3v) is 4.68. The Morgan fingerprint density at radius 2 is 1.88 bits per heavy atom. The number of amides is 1. The second-order valence-corrected chi connectivity index (χ2v) is 6.76. The minimum atomic E-state index is -0.202. The van der Waals surface area contributed by atoms with E-state index in [-0.39, 0.29) is 18.1 Å². The van der Waals surface area contributed by atoms with Gasteiger partial charge < -0.3 is 10.4 Å². The molecule has 0 atom stereocenters. The van der Waals surface area contributed by atoms with Crippen LogP contribution in [0, 0.1) is 13.8 Å². The summed E-state index contributed by atoms with van der Waals surface area (Å²) in [6, 6.07) is 9.94. The van der Waals surface area contributed by atoms with E-state index in [0.717, 1.165) is 42.6 Å². The van der Waals surface area contributed by atoms with Crippen LogP contribution in [0.2, 0.25) is 0 Å². The third-order valence-electron chi connectivity index (χ3n) is 4.68. The Hall–Kier alpha value is -2.14. The maximum absolute atomic E-state index is 12.3. The maximum atomic E-state index is 12.3. The van der Waals surface area contributed by atoms with E-state index in [9.17, 15) is 9.90 Å². The van der Waals surface area contributed by atoms with Crippen LogP contribution < -0.4 is 5.32 Å². The zero-order chi connectivity index (χ0) is 17.1. The lowest BCUT2D eigenvalue weighted by atomic mass is 9.93. The smallest absolute Gasteiger partial charge is 0.251 e. The molecule has 128 valence electrons. The zero-order valence-electron chi connectivity index (χ0n) is 14.3. The maximum Gasteiger partial charge on any atom is 0.251 e. The van der Waals surface area contributed by atoms with Crippen LogP contribution in [0.15, 0.2) is 30.3 Å². The molecule has 1 saturated carbocycles. The minimum Gasteiger partial charge on any atom is -0.393 e. The molecular weight excluding hydrogens is 302 g/mol. The summed E-state index contributed by atoms with van der Waals surface area (Å²) in [7, 11) is 0. The number of nitrogens with zero attached hydrogens (tertiary/aromatic N) is 2. The number of hydrogen-bond acceptors (Lipinski definition) is 3. The molecule has 3 rings (SSSR count). The number of aromatic nitrogens is 2. The number of nitrogens with one attached hydrogen (secondary N) is 1. The first-order valence-electron chi connectivity index (χ1n) is 8.60. The topological polar surface area (TPSA) is 67.2 Å². The molecule has 1 aromatic carbocycles. The second-order valence-electron chi connectivity index (χ2n) is 6.76. The van der Waals surface area contributed by atoms with Crippen LogP contribution in [0.3, 0.4) is 0 Å². The molecule has 2 N–H and O–H groups in total. The molecule has 1 fully saturated rings. The van der Waals surface area contributed by atoms with E-state index in [2.05, 4.69) is 16.5 Å². The van der Waals surface area contributed by atoms with Gasteiger partial charge in [0.2, 0.25) is 0 Å². The summed E-state index contributed by atoms with van der Waals surface area (Å²) in [6.45, 7) is 4.74. The zero-order valence-corrected chi connectivity index (χ0v) is 14.3. The van der Waals surface area contributed by atoms with E-state index in [1.165, 1.54) is 0 Å². The molecule has 2 aromatic rings. The van der Waals surface area contributed by atoms with Crippen molar-refractivity contribution in [1.82, 2.24) is 15.1 Å². The molecule has 0 bridgehead atoms. The van der Waals surface area contributed by atoms with Crippen molar-refractivity contribution >= 4 is 5.91 Å². The molecule has 1 aromatic heterocycles. The number of benzene rings is 1. The number of hydrogen-bond donors (Lipinski definition) is 2. The van der Waals surface area contributed by atoms with Gasteiger partial charge in [0.25, 0.3) is 5.91 Å². The number of aryl methyl sites for hydroxylation is 2. The molecule has 1 aliphatic rings. The van der Waals surface area contributed by atoms with Gasteiger partial charge in [-0.2, -0.15) is 5.10 Å². The van der Waals surface area contributed by atoms with E-state index >= 15 is 0 Å². The van der Waals surface area contributed by atoms with Gasteiger partial charge >= 0.3 is 0 Å². The quantitative estimate of drug-likeness (QED) is 0.907. The van der Waals surface area contributed by atoms with E-state index in [0.29, 0.717) is 12.1 Å². The van der Waals surface area contributed by atoms with Crippen LogP contribution in [-0.2, 0) is 6.54 Å². The summed E-state index contributed by atoms with van der Waals surface area (Å²) in [5.41, 5.74) is 3.95. The molecule has 0 saturated heterocycles. The predicted molar refractivity (Wildman–Crippen MR) is 93.0 cm³/mol. The molecule has 0 radical (unpaired) electrons. The lowest BCUT2D eigenvalue weighted by Crippen LogP contribution is -2.38. The number of aliphatic hydroxyl groups excluding tert-OH is 1. The summed E-state index contributed by atoms with van der Waals surface area (Å²) in [4.78, 5) is 12.3. The minimum absolute atomic E-state index is 0.0333. The summed E-state index contributed by atoms with van der Waals surface area (Å²) >= 11 is 0. The normalized spacial score (nSPS) is 20.8. The van der Waals surface area contributed by atoms with Gasteiger partial charge in [-0.15, -0.1) is 0 Å². The fourth-order valence-corrected chi connectivity index (χ4v) is 3.26. The van der Waals surface area contributed by atoms with Crippen molar-refractivity contribution in [3.05, 3.63) is 52.8 Å². The van der Waals surface area contributed by atoms with Crippen LogP contribution >= 0.6 is 0 Å². The first-order chi connectivity index (χ1) is 11.5. The van der Waals surface area contributed by atoms with Crippen LogP contribution in [0.1, 0.15) is 53.0 Å². The standard InChI is InChI=1S/C19H25N3O2/c1-13-11-14(2)22(21-13)12-15-3-5-16(6-4-15)19(24)20-17-7-9-18(23)10-8-17/h3-6,11,17-18,23H,7-10,12H2,1-2H3,(H,20,24). The van der Waals surface area contributed by atoms with E-state index in [1.54, 1.807) is 0 Å². The molecule has 1 aliphatic carbocycles. The molecule has 5 nitrogen and oxygen atoms in total. The summed E-state index contributed by atoms with van der Waals surface area (Å²) in [5.74, 6) is -0.0333. The molecule has 0 unspecified atom stereocenters. The van der Waals surface area contributed by atoms with Gasteiger partial charge in [0.1, 0.15) is 0 Å². The van der Waals surface area contributed by atoms with Crippen molar-refractivity contribution in [2.45, 2.75) is 58.2 Å². The molecular formula is C19H25N3O2. The molecule has 1 amide bonds. The Morgan fingerprint density at radius 3 is 2.46 bits per heavy atom. The SMILES string of the molecule is Cc1cc(C)n(Cc2ccc(C(=O)NC3CCC(O)CC3)cc2)n1. The van der Waals surface area contributed by atoms with E-state index < -0.39 is 0 Å². The van der Waals surface area contributed by atoms with E-state index in [1.807, 2.05) is 42.8 Å². The lowest BCUT2D eigenvalue weighted by Gasteiger charge is -2.26. The predicted octanol–water partition coefficient (Wildman–Crippen LogP) is 2.58. The van der Waals surface area contributed by atoms with Crippen molar-refractivity contribution in [3.8, 4) is 0 Å². The third kappa shape index (κ3) is 4.03. The fraction of sp³-hybridized carbons (Fsp3) is 0.474. The van der Waals surface area contributed by atoms with Gasteiger partial charge in [-0.3, -0.25) is 9.48 Å². The van der Waals surface area contributed by atoms with Crippen molar-refractivity contribution in [1.29, 1.82) is 0 Å². The Labute approximate surface area is 142 Å². The van der Waals surface area contributed by atoms with Crippen molar-refractivity contribution in [2.24, 2.45) is 0 Å². The number of carbonyl (C=O) groups is 1. The highest BCUT2D eigenvalue weighted by molar-refractivity contribution is 5.94. The average molecular weight is 327 g/mol. The Balaban J connectivity index is 1.59. The van der Waals surface area contributed by atoms with Gasteiger partial charge in [-0.1, -0.05) is 12.1 Å². The van der Waals surface area contributed by atoms with Gasteiger partial charge in [0.15, 0.2) is 0 Å². The van der Waals surface area contributed by atoms with Gasteiger partial charge in [-0.25, -0.2) is 0 Å². The van der Waals surface area contributed by atoms with Gasteiger partial charge in [-0.05, 0) is 63.3 Å². The average Bonchev–Trinajstić information content (AvgIpc) is 2.88. The molecule has 5 heteroatoms. The van der Waals surface area contributed by atoms with Crippen LogP contribution in [0.25, 0.3) is 0 Å². The molecule has 0 spiro atoms. The number of carbonyl (C=O) groups excluding carboxylic acids is 1. The summed E-state index contributed by atoms with van der Waals surface area (Å²) < 4.78 is 1.97. The number of aliphatic hydroxyl groups is 1. The highest BCUT2D eigenvalue weighted by atomic mass is 16.3. The van der Waals surface area contributed by atoms with Crippen molar-refractivity contribution in [3.63, 3.8) is 0 Å². The Bertz CT molecular complexity index is 698. The first kappa shape index (κ1) is 16.7. The highest BCUT2D eigenvalue weighted by Gasteiger charge is 2.21. The largest absolute Gasteiger partial charge is 0.393 e. The second kappa shape index (κ2) is 7.18. The lowest BCUT2D eigenvalue weighted by molar-refractivity contribution is 0.0867. The van der Waals surface area contributed by atoms with Crippen molar-refractivity contribution < 1.29 is 9.90 Å². The Morgan fingerprint density at radius 1 is 1.21 bits per heavy atom. The first-order valence-corrected chi connectivity index (χ1v) is 8.60. The van der Waals surface area contributed by atoms with Gasteiger partial charge in [0.05, 0.1) is 18.3 Å². The molecule has 24 heavy (non-hydrogen) atoms. The van der Waals surface area contributed by atoms with E-state index in [4.69, 9.17) is 0 Å². The molecule has 0 aliphatic heterocycles. The summed E-state index contributed by atoms with van der Waals surface area (Å²) in [5, 5.41) is 17.1. The highest BCUT2D eigenvalue weighted by Crippen LogP contribution is 2.19. The molecule has 1 heterocycles. The number of rotatable bonds is 4. The van der Waals surface area contributed by atoms with Gasteiger partial charge in [0, 0.05) is 17.3 Å². The van der Waals surface area contributed by atoms with Crippen molar-refractivity contribution in [2.75, 3.05) is 0 Å². The monoisotopic (exact) mass is 327 g/mol. The fourth-order valence-electron chi connectivity index (χ4n) is 3.26. The van der Waals surface area contributed by atoms with Crippen LogP contribution in [0.4, 0.5) is 0 Å².